The third-order valence-electron chi connectivity index (χ3n) is 3.68. The smallest absolute Gasteiger partial charge is 0.177 e. The Kier molecular flexibility index (Phi) is 4.19. The van der Waals surface area contributed by atoms with E-state index in [-0.39, 0.29) is 11.7 Å². The van der Waals surface area contributed by atoms with E-state index in [1.165, 1.54) is 6.42 Å². The van der Waals surface area contributed by atoms with Gasteiger partial charge in [0.25, 0.3) is 0 Å². The molecule has 1 saturated heterocycles. The van der Waals surface area contributed by atoms with Crippen molar-refractivity contribution in [3.8, 4) is 0 Å². The molecule has 106 valence electrons. The Hall–Kier alpha value is -1.03. The van der Waals surface area contributed by atoms with Crippen molar-refractivity contribution < 1.29 is 4.79 Å². The first kappa shape index (κ1) is 14.4. The highest BCUT2D eigenvalue weighted by Crippen LogP contribution is 2.36. The van der Waals surface area contributed by atoms with Crippen LogP contribution in [0, 0.1) is 17.8 Å². The molecule has 4 heteroatoms. The van der Waals surface area contributed by atoms with Crippen molar-refractivity contribution in [2.75, 3.05) is 23.7 Å². The van der Waals surface area contributed by atoms with Crippen LogP contribution in [0.4, 0.5) is 10.7 Å². The first-order chi connectivity index (χ1) is 8.88. The molecule has 0 saturated carbocycles. The van der Waals surface area contributed by atoms with Crippen LogP contribution in [-0.4, -0.2) is 18.9 Å². The molecule has 0 amide bonds. The second kappa shape index (κ2) is 5.53. The van der Waals surface area contributed by atoms with Gasteiger partial charge in [0, 0.05) is 19.0 Å². The van der Waals surface area contributed by atoms with Crippen LogP contribution in [-0.2, 0) is 0 Å². The number of hydrogen-bond acceptors (Lipinski definition) is 4. The van der Waals surface area contributed by atoms with Crippen LogP contribution in [0.5, 0.6) is 0 Å². The zero-order valence-corrected chi connectivity index (χ0v) is 13.1. The number of nitrogens with two attached hydrogens (primary N) is 1. The van der Waals surface area contributed by atoms with E-state index in [9.17, 15) is 4.79 Å². The van der Waals surface area contributed by atoms with Gasteiger partial charge in [-0.05, 0) is 24.3 Å². The van der Waals surface area contributed by atoms with E-state index in [0.717, 1.165) is 23.0 Å². The van der Waals surface area contributed by atoms with E-state index >= 15 is 0 Å². The molecule has 3 nitrogen and oxygen atoms in total. The molecule has 0 spiro atoms. The molecule has 1 aliphatic rings. The Morgan fingerprint density at radius 2 is 1.95 bits per heavy atom. The number of thiophene rings is 1. The number of ketones is 1. The molecule has 2 atom stereocenters. The van der Waals surface area contributed by atoms with Gasteiger partial charge in [0.2, 0.25) is 0 Å². The fourth-order valence-corrected chi connectivity index (χ4v) is 4.03. The highest BCUT2D eigenvalue weighted by atomic mass is 32.1. The molecule has 2 unspecified atom stereocenters. The maximum absolute atomic E-state index is 12.1. The van der Waals surface area contributed by atoms with Crippen molar-refractivity contribution in [3.63, 3.8) is 0 Å². The van der Waals surface area contributed by atoms with Crippen LogP contribution in [0.25, 0.3) is 0 Å². The van der Waals surface area contributed by atoms with E-state index in [0.29, 0.717) is 17.5 Å². The average molecular weight is 280 g/mol. The SMILES string of the molecule is CC1CC(C)CN(c2cc(N)c(C(=O)C(C)C)s2)C1. The van der Waals surface area contributed by atoms with Crippen LogP contribution >= 0.6 is 11.3 Å². The minimum atomic E-state index is 0.00741. The van der Waals surface area contributed by atoms with Gasteiger partial charge >= 0.3 is 0 Å². The lowest BCUT2D eigenvalue weighted by molar-refractivity contribution is 0.0944. The molecule has 2 N–H and O–H groups in total. The molecule has 2 heterocycles. The quantitative estimate of drug-likeness (QED) is 0.860. The largest absolute Gasteiger partial charge is 0.397 e. The zero-order chi connectivity index (χ0) is 14.2. The highest BCUT2D eigenvalue weighted by molar-refractivity contribution is 7.18. The summed E-state index contributed by atoms with van der Waals surface area (Å²) in [5.41, 5.74) is 6.66. The second-order valence-electron chi connectivity index (χ2n) is 6.24. The summed E-state index contributed by atoms with van der Waals surface area (Å²) in [6.45, 7) is 10.6. The fourth-order valence-electron chi connectivity index (χ4n) is 2.84. The van der Waals surface area contributed by atoms with Gasteiger partial charge in [-0.2, -0.15) is 0 Å². The van der Waals surface area contributed by atoms with E-state index in [1.807, 2.05) is 19.9 Å². The number of nitrogens with zero attached hydrogens (tertiary/aromatic N) is 1. The van der Waals surface area contributed by atoms with E-state index in [2.05, 4.69) is 18.7 Å². The summed E-state index contributed by atoms with van der Waals surface area (Å²) in [4.78, 5) is 15.2. The van der Waals surface area contributed by atoms with Crippen molar-refractivity contribution in [2.24, 2.45) is 17.8 Å². The predicted octanol–water partition coefficient (Wildman–Crippen LogP) is 3.65. The molecular weight excluding hydrogens is 256 g/mol. The zero-order valence-electron chi connectivity index (χ0n) is 12.3. The summed E-state index contributed by atoms with van der Waals surface area (Å²) >= 11 is 1.56. The molecular formula is C15H24N2OS. The number of anilines is 2. The monoisotopic (exact) mass is 280 g/mol. The summed E-state index contributed by atoms with van der Waals surface area (Å²) in [5.74, 6) is 1.58. The van der Waals surface area contributed by atoms with Crippen LogP contribution in [0.2, 0.25) is 0 Å². The Morgan fingerprint density at radius 3 is 2.47 bits per heavy atom. The fraction of sp³-hybridized carbons (Fsp3) is 0.667. The van der Waals surface area contributed by atoms with Gasteiger partial charge in [-0.25, -0.2) is 0 Å². The van der Waals surface area contributed by atoms with Crippen LogP contribution < -0.4 is 10.6 Å². The predicted molar refractivity (Wildman–Crippen MR) is 83.1 cm³/mol. The van der Waals surface area contributed by atoms with Gasteiger partial charge in [0.05, 0.1) is 15.6 Å². The molecule has 1 aromatic heterocycles. The summed E-state index contributed by atoms with van der Waals surface area (Å²) in [6.07, 6.45) is 1.29. The van der Waals surface area contributed by atoms with Crippen molar-refractivity contribution in [1.29, 1.82) is 0 Å². The molecule has 1 aromatic rings. The highest BCUT2D eigenvalue weighted by Gasteiger charge is 2.25. The topological polar surface area (TPSA) is 46.3 Å². The molecule has 0 radical (unpaired) electrons. The minimum Gasteiger partial charge on any atom is -0.397 e. The van der Waals surface area contributed by atoms with Crippen LogP contribution in [0.15, 0.2) is 6.07 Å². The van der Waals surface area contributed by atoms with Crippen molar-refractivity contribution in [1.82, 2.24) is 0 Å². The van der Waals surface area contributed by atoms with Crippen molar-refractivity contribution in [3.05, 3.63) is 10.9 Å². The molecule has 2 rings (SSSR count). The molecule has 0 aliphatic carbocycles. The number of rotatable bonds is 3. The number of nitrogen functional groups attached to an aromatic ring is 1. The number of carbonyl (C=O) groups is 1. The van der Waals surface area contributed by atoms with Gasteiger partial charge in [-0.15, -0.1) is 11.3 Å². The maximum atomic E-state index is 12.1. The van der Waals surface area contributed by atoms with Gasteiger partial charge in [0.1, 0.15) is 0 Å². The van der Waals surface area contributed by atoms with E-state index < -0.39 is 0 Å². The Bertz CT molecular complexity index is 457. The Labute approximate surface area is 119 Å². The minimum absolute atomic E-state index is 0.00741. The van der Waals surface area contributed by atoms with Crippen LogP contribution in [0.3, 0.4) is 0 Å². The Balaban J connectivity index is 2.22. The normalized spacial score (nSPS) is 23.9. The average Bonchev–Trinajstić information content (AvgIpc) is 2.69. The first-order valence-corrected chi connectivity index (χ1v) is 7.88. The summed E-state index contributed by atoms with van der Waals surface area (Å²) in [5, 5.41) is 1.15. The summed E-state index contributed by atoms with van der Waals surface area (Å²) in [6, 6.07) is 1.98. The number of piperidine rings is 1. The van der Waals surface area contributed by atoms with E-state index in [4.69, 9.17) is 5.73 Å². The lowest BCUT2D eigenvalue weighted by atomic mass is 9.92. The van der Waals surface area contributed by atoms with Gasteiger partial charge in [0.15, 0.2) is 5.78 Å². The van der Waals surface area contributed by atoms with E-state index in [1.54, 1.807) is 11.3 Å². The maximum Gasteiger partial charge on any atom is 0.177 e. The molecule has 1 fully saturated rings. The van der Waals surface area contributed by atoms with Crippen LogP contribution in [0.1, 0.15) is 43.8 Å². The molecule has 0 aromatic carbocycles. The number of hydrogen-bond donors (Lipinski definition) is 1. The number of Topliss-reactive ketones (excluding diaryl/α,β-unsaturated/α-hetero) is 1. The summed E-state index contributed by atoms with van der Waals surface area (Å²) in [7, 11) is 0. The molecule has 1 aliphatic heterocycles. The summed E-state index contributed by atoms with van der Waals surface area (Å²) < 4.78 is 0. The second-order valence-corrected chi connectivity index (χ2v) is 7.27. The Morgan fingerprint density at radius 1 is 1.37 bits per heavy atom. The standard InChI is InChI=1S/C15H24N2OS/c1-9(2)14(18)15-12(16)6-13(19-15)17-7-10(3)5-11(4)8-17/h6,9-11H,5,7-8,16H2,1-4H3. The lowest BCUT2D eigenvalue weighted by Crippen LogP contribution is -2.38. The molecule has 19 heavy (non-hydrogen) atoms. The first-order valence-electron chi connectivity index (χ1n) is 7.07. The van der Waals surface area contributed by atoms with Gasteiger partial charge < -0.3 is 10.6 Å². The third-order valence-corrected chi connectivity index (χ3v) is 4.90. The van der Waals surface area contributed by atoms with Crippen molar-refractivity contribution in [2.45, 2.75) is 34.1 Å². The van der Waals surface area contributed by atoms with Gasteiger partial charge in [-0.1, -0.05) is 27.7 Å². The van der Waals surface area contributed by atoms with Crippen molar-refractivity contribution >= 4 is 27.8 Å². The molecule has 0 bridgehead atoms. The third kappa shape index (κ3) is 3.11. The number of carbonyl (C=O) groups excluding carboxylic acids is 1. The lowest BCUT2D eigenvalue weighted by Gasteiger charge is -2.35. The van der Waals surface area contributed by atoms with Gasteiger partial charge in [-0.3, -0.25) is 4.79 Å².